The minimum Gasteiger partial charge on any atom is -0.303 e. The standard InChI is InChI=1S/C22H47N/c1-4-7-8-9-10-11-12-13-14-15-16-17-18-19-22-23(20-5-2)21-6-3/h4-22H2,1-3H3. The average Bonchev–Trinajstić information content (AvgIpc) is 2.55. The minimum atomic E-state index is 1.30. The molecule has 0 radical (unpaired) electrons. The molecular weight excluding hydrogens is 278 g/mol. The summed E-state index contributed by atoms with van der Waals surface area (Å²) < 4.78 is 0. The third-order valence-electron chi connectivity index (χ3n) is 4.91. The van der Waals surface area contributed by atoms with Crippen LogP contribution in [-0.4, -0.2) is 24.5 Å². The van der Waals surface area contributed by atoms with Gasteiger partial charge in [-0.25, -0.2) is 0 Å². The van der Waals surface area contributed by atoms with Gasteiger partial charge in [-0.3, -0.25) is 0 Å². The molecule has 0 N–H and O–H groups in total. The lowest BCUT2D eigenvalue weighted by atomic mass is 10.0. The fraction of sp³-hybridized carbons (Fsp3) is 1.00. The van der Waals surface area contributed by atoms with Crippen molar-refractivity contribution in [1.29, 1.82) is 0 Å². The Labute approximate surface area is 148 Å². The van der Waals surface area contributed by atoms with Gasteiger partial charge in [0.15, 0.2) is 0 Å². The van der Waals surface area contributed by atoms with Gasteiger partial charge in [0.2, 0.25) is 0 Å². The zero-order chi connectivity index (χ0) is 17.0. The van der Waals surface area contributed by atoms with Crippen LogP contribution in [0.1, 0.15) is 124 Å². The maximum Gasteiger partial charge on any atom is -0.00187 e. The summed E-state index contributed by atoms with van der Waals surface area (Å²) in [5, 5.41) is 0. The molecular formula is C22H47N. The van der Waals surface area contributed by atoms with E-state index >= 15 is 0 Å². The Morgan fingerprint density at radius 1 is 0.348 bits per heavy atom. The molecule has 0 bridgehead atoms. The first kappa shape index (κ1) is 23.0. The fourth-order valence-electron chi connectivity index (χ4n) is 3.50. The highest BCUT2D eigenvalue weighted by Gasteiger charge is 2.01. The van der Waals surface area contributed by atoms with Crippen LogP contribution in [0.15, 0.2) is 0 Å². The smallest absolute Gasteiger partial charge is 0.00187 e. The molecule has 140 valence electrons. The molecule has 0 unspecified atom stereocenters. The van der Waals surface area contributed by atoms with Crippen molar-refractivity contribution >= 4 is 0 Å². The average molecular weight is 326 g/mol. The molecule has 1 nitrogen and oxygen atoms in total. The zero-order valence-corrected chi connectivity index (χ0v) is 16.9. The van der Waals surface area contributed by atoms with Crippen molar-refractivity contribution in [2.24, 2.45) is 0 Å². The van der Waals surface area contributed by atoms with E-state index in [4.69, 9.17) is 0 Å². The van der Waals surface area contributed by atoms with E-state index in [1.54, 1.807) is 0 Å². The minimum absolute atomic E-state index is 1.30. The number of rotatable bonds is 19. The molecule has 0 spiro atoms. The van der Waals surface area contributed by atoms with E-state index < -0.39 is 0 Å². The van der Waals surface area contributed by atoms with Crippen molar-refractivity contribution in [1.82, 2.24) is 4.90 Å². The van der Waals surface area contributed by atoms with Crippen molar-refractivity contribution in [3.63, 3.8) is 0 Å². The van der Waals surface area contributed by atoms with Gasteiger partial charge in [0, 0.05) is 0 Å². The summed E-state index contributed by atoms with van der Waals surface area (Å²) in [7, 11) is 0. The van der Waals surface area contributed by atoms with Crippen LogP contribution in [0.3, 0.4) is 0 Å². The van der Waals surface area contributed by atoms with E-state index in [0.29, 0.717) is 0 Å². The van der Waals surface area contributed by atoms with Crippen molar-refractivity contribution in [3.05, 3.63) is 0 Å². The Morgan fingerprint density at radius 2 is 0.696 bits per heavy atom. The number of hydrogen-bond donors (Lipinski definition) is 0. The third-order valence-corrected chi connectivity index (χ3v) is 4.91. The quantitative estimate of drug-likeness (QED) is 0.221. The van der Waals surface area contributed by atoms with E-state index in [-0.39, 0.29) is 0 Å². The first-order valence-electron chi connectivity index (χ1n) is 11.1. The number of unbranched alkanes of at least 4 members (excludes halogenated alkanes) is 13. The molecule has 0 aromatic carbocycles. The lowest BCUT2D eigenvalue weighted by molar-refractivity contribution is 0.267. The molecule has 0 fully saturated rings. The molecule has 23 heavy (non-hydrogen) atoms. The summed E-state index contributed by atoms with van der Waals surface area (Å²) in [6.07, 6.45) is 23.0. The molecule has 0 aliphatic heterocycles. The van der Waals surface area contributed by atoms with Gasteiger partial charge in [0.05, 0.1) is 0 Å². The Hall–Kier alpha value is -0.0400. The molecule has 0 saturated heterocycles. The van der Waals surface area contributed by atoms with Crippen LogP contribution in [-0.2, 0) is 0 Å². The van der Waals surface area contributed by atoms with E-state index in [2.05, 4.69) is 25.7 Å². The monoisotopic (exact) mass is 325 g/mol. The largest absolute Gasteiger partial charge is 0.303 e. The Kier molecular flexibility index (Phi) is 20.0. The first-order chi connectivity index (χ1) is 11.3. The summed E-state index contributed by atoms with van der Waals surface area (Å²) >= 11 is 0. The van der Waals surface area contributed by atoms with Crippen molar-refractivity contribution < 1.29 is 0 Å². The molecule has 0 atom stereocenters. The van der Waals surface area contributed by atoms with Gasteiger partial charge < -0.3 is 4.90 Å². The molecule has 0 aromatic heterocycles. The third kappa shape index (κ3) is 18.1. The summed E-state index contributed by atoms with van der Waals surface area (Å²) in [5.74, 6) is 0. The predicted octanol–water partition coefficient (Wildman–Crippen LogP) is 7.59. The Morgan fingerprint density at radius 3 is 1.04 bits per heavy atom. The second kappa shape index (κ2) is 20.0. The number of nitrogens with zero attached hydrogens (tertiary/aromatic N) is 1. The second-order valence-electron chi connectivity index (χ2n) is 7.44. The van der Waals surface area contributed by atoms with Crippen LogP contribution >= 0.6 is 0 Å². The molecule has 0 saturated carbocycles. The summed E-state index contributed by atoms with van der Waals surface area (Å²) in [6, 6.07) is 0. The molecule has 0 aliphatic rings. The van der Waals surface area contributed by atoms with Gasteiger partial charge in [0.1, 0.15) is 0 Å². The van der Waals surface area contributed by atoms with Crippen LogP contribution in [0.5, 0.6) is 0 Å². The summed E-state index contributed by atoms with van der Waals surface area (Å²) in [5.41, 5.74) is 0. The van der Waals surface area contributed by atoms with Gasteiger partial charge in [-0.1, -0.05) is 104 Å². The summed E-state index contributed by atoms with van der Waals surface area (Å²) in [4.78, 5) is 2.65. The molecule has 0 amide bonds. The van der Waals surface area contributed by atoms with Gasteiger partial charge in [-0.2, -0.15) is 0 Å². The summed E-state index contributed by atoms with van der Waals surface area (Å²) in [6.45, 7) is 10.8. The first-order valence-corrected chi connectivity index (χ1v) is 11.1. The van der Waals surface area contributed by atoms with Crippen LogP contribution in [0.2, 0.25) is 0 Å². The van der Waals surface area contributed by atoms with E-state index in [1.165, 1.54) is 122 Å². The Bertz CT molecular complexity index is 196. The number of hydrogen-bond acceptors (Lipinski definition) is 1. The highest BCUT2D eigenvalue weighted by atomic mass is 15.1. The van der Waals surface area contributed by atoms with E-state index in [1.807, 2.05) is 0 Å². The maximum atomic E-state index is 2.65. The molecule has 0 rings (SSSR count). The van der Waals surface area contributed by atoms with Gasteiger partial charge >= 0.3 is 0 Å². The molecule has 0 heterocycles. The van der Waals surface area contributed by atoms with E-state index in [9.17, 15) is 0 Å². The van der Waals surface area contributed by atoms with Gasteiger partial charge in [0.25, 0.3) is 0 Å². The highest BCUT2D eigenvalue weighted by Crippen LogP contribution is 2.13. The lowest BCUT2D eigenvalue weighted by Crippen LogP contribution is -2.26. The zero-order valence-electron chi connectivity index (χ0n) is 16.9. The van der Waals surface area contributed by atoms with Crippen LogP contribution in [0.25, 0.3) is 0 Å². The van der Waals surface area contributed by atoms with Crippen LogP contribution in [0, 0.1) is 0 Å². The van der Waals surface area contributed by atoms with E-state index in [0.717, 1.165) is 0 Å². The fourth-order valence-corrected chi connectivity index (χ4v) is 3.50. The maximum absolute atomic E-state index is 2.65. The Balaban J connectivity index is 3.15. The van der Waals surface area contributed by atoms with Crippen LogP contribution < -0.4 is 0 Å². The van der Waals surface area contributed by atoms with Gasteiger partial charge in [-0.15, -0.1) is 0 Å². The molecule has 0 aliphatic carbocycles. The molecule has 1 heteroatoms. The predicted molar refractivity (Wildman–Crippen MR) is 107 cm³/mol. The van der Waals surface area contributed by atoms with Crippen molar-refractivity contribution in [3.8, 4) is 0 Å². The van der Waals surface area contributed by atoms with Crippen molar-refractivity contribution in [2.75, 3.05) is 19.6 Å². The molecule has 0 aromatic rings. The lowest BCUT2D eigenvalue weighted by Gasteiger charge is -2.20. The second-order valence-corrected chi connectivity index (χ2v) is 7.44. The topological polar surface area (TPSA) is 3.24 Å². The van der Waals surface area contributed by atoms with Crippen LogP contribution in [0.4, 0.5) is 0 Å². The normalized spacial score (nSPS) is 11.5. The van der Waals surface area contributed by atoms with Gasteiger partial charge in [-0.05, 0) is 38.9 Å². The SMILES string of the molecule is CCCCCCCCCCCCCCCCN(CCC)CCC. The highest BCUT2D eigenvalue weighted by molar-refractivity contribution is 4.57. The van der Waals surface area contributed by atoms with Crippen molar-refractivity contribution in [2.45, 2.75) is 124 Å².